The Morgan fingerprint density at radius 1 is 1.03 bits per heavy atom. The zero-order valence-corrected chi connectivity index (χ0v) is 19.7. The van der Waals surface area contributed by atoms with E-state index >= 15 is 0 Å². The fourth-order valence-corrected chi connectivity index (χ4v) is 4.28. The Kier molecular flexibility index (Phi) is 8.05. The van der Waals surface area contributed by atoms with Gasteiger partial charge in [0, 0.05) is 29.6 Å². The number of nitrogens with zero attached hydrogens (tertiary/aromatic N) is 1. The molecule has 35 heavy (non-hydrogen) atoms. The maximum absolute atomic E-state index is 13.0. The first-order valence-electron chi connectivity index (χ1n) is 10.4. The maximum atomic E-state index is 13.0. The fourth-order valence-electron chi connectivity index (χ4n) is 3.02. The number of nitro groups is 1. The number of ether oxygens (including phenoxy) is 2. The number of hydrogen-bond donors (Lipinski definition) is 2. The number of amides is 1. The highest BCUT2D eigenvalue weighted by Gasteiger charge is 2.21. The molecule has 3 aromatic carbocycles. The first-order chi connectivity index (χ1) is 16.7. The number of benzene rings is 3. The molecule has 0 aliphatic carbocycles. The molecule has 0 unspecified atom stereocenters. The van der Waals surface area contributed by atoms with Gasteiger partial charge in [-0.2, -0.15) is 0 Å². The minimum Gasteiger partial charge on any atom is -0.495 e. The summed E-state index contributed by atoms with van der Waals surface area (Å²) in [5.74, 6) is 0.193. The highest BCUT2D eigenvalue weighted by atomic mass is 32.2. The van der Waals surface area contributed by atoms with Crippen LogP contribution in [-0.4, -0.2) is 33.0 Å². The molecule has 0 spiro atoms. The van der Waals surface area contributed by atoms with Gasteiger partial charge in [-0.1, -0.05) is 0 Å². The average molecular weight is 498 g/mol. The van der Waals surface area contributed by atoms with Crippen molar-refractivity contribution >= 4 is 39.1 Å². The number of methoxy groups -OCH3 is 1. The van der Waals surface area contributed by atoms with Crippen molar-refractivity contribution in [2.45, 2.75) is 11.8 Å². The Labute approximate surface area is 202 Å². The van der Waals surface area contributed by atoms with Crippen LogP contribution in [-0.2, 0) is 14.8 Å². The summed E-state index contributed by atoms with van der Waals surface area (Å²) < 4.78 is 39.1. The maximum Gasteiger partial charge on any atom is 0.269 e. The van der Waals surface area contributed by atoms with E-state index < -0.39 is 20.9 Å². The second kappa shape index (κ2) is 11.2. The lowest BCUT2D eigenvalue weighted by molar-refractivity contribution is -0.384. The third-order valence-corrected chi connectivity index (χ3v) is 6.07. The van der Waals surface area contributed by atoms with Crippen LogP contribution in [0.2, 0.25) is 0 Å². The topological polar surface area (TPSA) is 137 Å². The molecule has 1 amide bonds. The van der Waals surface area contributed by atoms with Gasteiger partial charge in [0.05, 0.1) is 18.6 Å². The molecule has 0 saturated carbocycles. The summed E-state index contributed by atoms with van der Waals surface area (Å²) in [5, 5.41) is 13.3. The predicted octanol–water partition coefficient (Wildman–Crippen LogP) is 4.45. The zero-order chi connectivity index (χ0) is 25.4. The molecule has 0 aliphatic heterocycles. The van der Waals surface area contributed by atoms with Crippen molar-refractivity contribution < 1.29 is 27.6 Å². The number of rotatable bonds is 10. The molecule has 0 saturated heterocycles. The van der Waals surface area contributed by atoms with Crippen LogP contribution < -0.4 is 19.5 Å². The molecule has 3 aromatic rings. The van der Waals surface area contributed by atoms with Gasteiger partial charge < -0.3 is 14.8 Å². The van der Waals surface area contributed by atoms with Crippen LogP contribution in [0.25, 0.3) is 6.08 Å². The van der Waals surface area contributed by atoms with E-state index in [1.165, 1.54) is 61.7 Å². The molecule has 11 heteroatoms. The Morgan fingerprint density at radius 2 is 1.69 bits per heavy atom. The van der Waals surface area contributed by atoms with Gasteiger partial charge in [0.25, 0.3) is 15.7 Å². The predicted molar refractivity (Wildman–Crippen MR) is 132 cm³/mol. The molecule has 0 atom stereocenters. The highest BCUT2D eigenvalue weighted by molar-refractivity contribution is 7.92. The number of hydrogen-bond acceptors (Lipinski definition) is 7. The molecule has 3 rings (SSSR count). The number of nitro benzene ring substituents is 1. The van der Waals surface area contributed by atoms with Gasteiger partial charge in [0.2, 0.25) is 5.91 Å². The van der Waals surface area contributed by atoms with Crippen LogP contribution in [0.5, 0.6) is 11.5 Å². The number of carbonyl (C=O) groups excluding carboxylic acids is 1. The Morgan fingerprint density at radius 3 is 2.29 bits per heavy atom. The Balaban J connectivity index is 1.75. The van der Waals surface area contributed by atoms with E-state index in [9.17, 15) is 23.3 Å². The summed E-state index contributed by atoms with van der Waals surface area (Å²) in [6, 6.07) is 16.3. The molecule has 0 heterocycles. The van der Waals surface area contributed by atoms with E-state index in [-0.39, 0.29) is 22.0 Å². The largest absolute Gasteiger partial charge is 0.495 e. The summed E-state index contributed by atoms with van der Waals surface area (Å²) in [6.07, 6.45) is 2.71. The molecular weight excluding hydrogens is 474 g/mol. The van der Waals surface area contributed by atoms with Crippen molar-refractivity contribution in [1.82, 2.24) is 0 Å². The minimum absolute atomic E-state index is 0.0579. The fraction of sp³-hybridized carbons (Fsp3) is 0.125. The number of sulfonamides is 1. The third-order valence-electron chi connectivity index (χ3n) is 4.67. The quantitative estimate of drug-likeness (QED) is 0.240. The lowest BCUT2D eigenvalue weighted by atomic mass is 10.2. The van der Waals surface area contributed by atoms with Gasteiger partial charge in [-0.15, -0.1) is 0 Å². The molecule has 0 aromatic heterocycles. The van der Waals surface area contributed by atoms with E-state index in [0.29, 0.717) is 23.6 Å². The van der Waals surface area contributed by atoms with Crippen LogP contribution in [0.3, 0.4) is 0 Å². The van der Waals surface area contributed by atoms with Crippen molar-refractivity contribution in [1.29, 1.82) is 0 Å². The number of non-ortho nitro benzene ring substituents is 1. The molecular formula is C24H23N3O7S. The van der Waals surface area contributed by atoms with Crippen molar-refractivity contribution in [2.75, 3.05) is 23.8 Å². The van der Waals surface area contributed by atoms with Gasteiger partial charge in [0.1, 0.15) is 16.4 Å². The summed E-state index contributed by atoms with van der Waals surface area (Å²) >= 11 is 0. The van der Waals surface area contributed by atoms with Gasteiger partial charge in [-0.25, -0.2) is 8.42 Å². The van der Waals surface area contributed by atoms with Crippen molar-refractivity contribution in [3.63, 3.8) is 0 Å². The second-order valence-corrected chi connectivity index (χ2v) is 8.75. The van der Waals surface area contributed by atoms with Gasteiger partial charge in [-0.3, -0.25) is 19.6 Å². The number of nitrogens with one attached hydrogen (secondary N) is 2. The van der Waals surface area contributed by atoms with Crippen LogP contribution in [0, 0.1) is 10.1 Å². The molecule has 0 aliphatic rings. The van der Waals surface area contributed by atoms with Crippen molar-refractivity contribution in [2.24, 2.45) is 0 Å². The molecule has 0 radical (unpaired) electrons. The summed E-state index contributed by atoms with van der Waals surface area (Å²) in [4.78, 5) is 22.4. The second-order valence-electron chi connectivity index (χ2n) is 7.10. The van der Waals surface area contributed by atoms with E-state index in [2.05, 4.69) is 10.0 Å². The lowest BCUT2D eigenvalue weighted by Crippen LogP contribution is -2.15. The van der Waals surface area contributed by atoms with Crippen LogP contribution in [0.15, 0.2) is 77.7 Å². The number of anilines is 2. The van der Waals surface area contributed by atoms with Crippen LogP contribution in [0.1, 0.15) is 12.5 Å². The van der Waals surface area contributed by atoms with Crippen LogP contribution in [0.4, 0.5) is 17.1 Å². The standard InChI is InChI=1S/C24H23N3O7S/c1-3-34-21-12-7-18(8-13-21)26-35(31,32)23-16-19(9-14-22(23)33-2)25-24(28)15-6-17-4-10-20(11-5-17)27(29)30/h4-16,26H,3H2,1-2H3,(H,25,28). The summed E-state index contributed by atoms with van der Waals surface area (Å²) in [5.41, 5.74) is 1.09. The first-order valence-corrected chi connectivity index (χ1v) is 11.9. The number of carbonyl (C=O) groups is 1. The van der Waals surface area contributed by atoms with E-state index in [0.717, 1.165) is 0 Å². The van der Waals surface area contributed by atoms with Gasteiger partial charge in [-0.05, 0) is 73.2 Å². The lowest BCUT2D eigenvalue weighted by Gasteiger charge is -2.14. The minimum atomic E-state index is -4.05. The van der Waals surface area contributed by atoms with Crippen LogP contribution >= 0.6 is 0 Å². The van der Waals surface area contributed by atoms with E-state index in [1.807, 2.05) is 6.92 Å². The van der Waals surface area contributed by atoms with E-state index in [1.54, 1.807) is 24.3 Å². The zero-order valence-electron chi connectivity index (χ0n) is 18.9. The van der Waals surface area contributed by atoms with E-state index in [4.69, 9.17) is 9.47 Å². The Hall–Kier alpha value is -4.38. The monoisotopic (exact) mass is 497 g/mol. The molecule has 182 valence electrons. The summed E-state index contributed by atoms with van der Waals surface area (Å²) in [7, 11) is -2.70. The third kappa shape index (κ3) is 6.81. The van der Waals surface area contributed by atoms with Gasteiger partial charge in [0.15, 0.2) is 0 Å². The Bertz CT molecular complexity index is 1340. The molecule has 2 N–H and O–H groups in total. The van der Waals surface area contributed by atoms with Crippen molar-refractivity contribution in [3.05, 3.63) is 88.5 Å². The highest BCUT2D eigenvalue weighted by Crippen LogP contribution is 2.29. The molecule has 0 fully saturated rings. The first kappa shape index (κ1) is 25.2. The smallest absolute Gasteiger partial charge is 0.269 e. The van der Waals surface area contributed by atoms with Crippen molar-refractivity contribution in [3.8, 4) is 11.5 Å². The molecule has 0 bridgehead atoms. The molecule has 10 nitrogen and oxygen atoms in total. The normalized spacial score (nSPS) is 11.1. The van der Waals surface area contributed by atoms with Gasteiger partial charge >= 0.3 is 0 Å². The average Bonchev–Trinajstić information content (AvgIpc) is 2.84. The SMILES string of the molecule is CCOc1ccc(NS(=O)(=O)c2cc(NC(=O)C=Cc3ccc([N+](=O)[O-])cc3)ccc2OC)cc1. The summed E-state index contributed by atoms with van der Waals surface area (Å²) in [6.45, 7) is 2.34.